The molecule has 3 amide bonds. The molecular formula is C29H34Cl2N4O3. The highest BCUT2D eigenvalue weighted by molar-refractivity contribution is 6.31. The number of hydrogen-bond acceptors (Lipinski definition) is 4. The molecule has 3 aliphatic rings. The van der Waals surface area contributed by atoms with Crippen molar-refractivity contribution in [1.29, 1.82) is 0 Å². The van der Waals surface area contributed by atoms with E-state index in [9.17, 15) is 14.4 Å². The van der Waals surface area contributed by atoms with E-state index in [-0.39, 0.29) is 36.2 Å². The lowest BCUT2D eigenvalue weighted by Crippen LogP contribution is -2.60. The number of nitrogens with zero attached hydrogens (tertiary/aromatic N) is 2. The highest BCUT2D eigenvalue weighted by atomic mass is 35.5. The first-order chi connectivity index (χ1) is 18.3. The highest BCUT2D eigenvalue weighted by Crippen LogP contribution is 2.46. The molecule has 1 saturated carbocycles. The Bertz CT molecular complexity index is 1220. The van der Waals surface area contributed by atoms with Crippen molar-refractivity contribution in [3.05, 3.63) is 63.6 Å². The Morgan fingerprint density at radius 1 is 1.00 bits per heavy atom. The van der Waals surface area contributed by atoms with Crippen LogP contribution in [0.15, 0.2) is 42.5 Å². The highest BCUT2D eigenvalue weighted by Gasteiger charge is 2.54. The number of benzene rings is 2. The van der Waals surface area contributed by atoms with Gasteiger partial charge in [-0.3, -0.25) is 19.3 Å². The first kappa shape index (κ1) is 27.0. The Hall–Kier alpha value is -2.61. The van der Waals surface area contributed by atoms with Gasteiger partial charge in [-0.15, -0.1) is 0 Å². The smallest absolute Gasteiger partial charge is 0.249 e. The van der Waals surface area contributed by atoms with Gasteiger partial charge in [0.05, 0.1) is 6.54 Å². The van der Waals surface area contributed by atoms with E-state index in [2.05, 4.69) is 10.2 Å². The number of carbonyl (C=O) groups excluding carboxylic acids is 3. The summed E-state index contributed by atoms with van der Waals surface area (Å²) in [6.45, 7) is 1.09. The fourth-order valence-electron chi connectivity index (χ4n) is 6.46. The number of rotatable bonds is 7. The maximum absolute atomic E-state index is 14.1. The zero-order chi connectivity index (χ0) is 26.9. The van der Waals surface area contributed by atoms with E-state index in [0.717, 1.165) is 43.2 Å². The molecule has 1 saturated heterocycles. The fraction of sp³-hybridized carbons (Fsp3) is 0.483. The van der Waals surface area contributed by atoms with Crippen LogP contribution in [0.5, 0.6) is 0 Å². The molecule has 2 heterocycles. The monoisotopic (exact) mass is 556 g/mol. The van der Waals surface area contributed by atoms with E-state index in [1.54, 1.807) is 6.07 Å². The van der Waals surface area contributed by atoms with Crippen LogP contribution >= 0.6 is 23.2 Å². The minimum Gasteiger partial charge on any atom is -0.369 e. The van der Waals surface area contributed by atoms with Crippen LogP contribution in [-0.2, 0) is 26.3 Å². The average Bonchev–Trinajstić information content (AvgIpc) is 3.18. The number of likely N-dealkylation sites (tertiary alicyclic amines) is 1. The topological polar surface area (TPSA) is 95.7 Å². The fourth-order valence-corrected chi connectivity index (χ4v) is 6.85. The van der Waals surface area contributed by atoms with Crippen molar-refractivity contribution in [3.8, 4) is 0 Å². The summed E-state index contributed by atoms with van der Waals surface area (Å²) >= 11 is 12.7. The maximum atomic E-state index is 14.1. The molecule has 202 valence electrons. The Morgan fingerprint density at radius 2 is 1.71 bits per heavy atom. The van der Waals surface area contributed by atoms with Gasteiger partial charge in [-0.25, -0.2) is 0 Å². The van der Waals surface area contributed by atoms with E-state index >= 15 is 0 Å². The van der Waals surface area contributed by atoms with Crippen molar-refractivity contribution in [2.45, 2.75) is 62.9 Å². The third-order valence-electron chi connectivity index (χ3n) is 8.46. The normalized spacial score (nSPS) is 22.4. The third-order valence-corrected chi connectivity index (χ3v) is 8.93. The summed E-state index contributed by atoms with van der Waals surface area (Å²) in [4.78, 5) is 43.5. The molecule has 1 unspecified atom stereocenters. The molecule has 5 rings (SSSR count). The van der Waals surface area contributed by atoms with Gasteiger partial charge in [0, 0.05) is 52.8 Å². The summed E-state index contributed by atoms with van der Waals surface area (Å²) in [6.07, 6.45) is 6.62. The van der Waals surface area contributed by atoms with E-state index < -0.39 is 5.54 Å². The summed E-state index contributed by atoms with van der Waals surface area (Å²) in [7, 11) is 0. The number of fused-ring (bicyclic) bond motifs is 1. The minimum atomic E-state index is -1.09. The van der Waals surface area contributed by atoms with Gasteiger partial charge in [0.25, 0.3) is 0 Å². The number of nitrogens with one attached hydrogen (secondary N) is 1. The Kier molecular flexibility index (Phi) is 7.98. The number of nitrogens with two attached hydrogens (primary N) is 1. The van der Waals surface area contributed by atoms with Crippen molar-refractivity contribution in [1.82, 2.24) is 9.80 Å². The van der Waals surface area contributed by atoms with Crippen molar-refractivity contribution in [3.63, 3.8) is 0 Å². The molecule has 38 heavy (non-hydrogen) atoms. The number of anilines is 1. The number of carbonyl (C=O) groups is 3. The molecule has 0 radical (unpaired) electrons. The van der Waals surface area contributed by atoms with Crippen LogP contribution in [0.2, 0.25) is 10.0 Å². The number of halogens is 2. The summed E-state index contributed by atoms with van der Waals surface area (Å²) < 4.78 is 0. The molecular weight excluding hydrogens is 523 g/mol. The van der Waals surface area contributed by atoms with Crippen LogP contribution in [0.4, 0.5) is 5.69 Å². The van der Waals surface area contributed by atoms with Crippen LogP contribution < -0.4 is 11.1 Å². The van der Waals surface area contributed by atoms with Crippen LogP contribution in [-0.4, -0.2) is 53.2 Å². The second kappa shape index (κ2) is 11.2. The van der Waals surface area contributed by atoms with Gasteiger partial charge in [0.2, 0.25) is 17.7 Å². The molecule has 2 aromatic rings. The molecule has 7 nitrogen and oxygen atoms in total. The van der Waals surface area contributed by atoms with Crippen LogP contribution in [0.3, 0.4) is 0 Å². The average molecular weight is 558 g/mol. The lowest BCUT2D eigenvalue weighted by atomic mass is 9.80. The van der Waals surface area contributed by atoms with Crippen molar-refractivity contribution in [2.75, 3.05) is 25.0 Å². The molecule has 0 aromatic heterocycles. The van der Waals surface area contributed by atoms with E-state index in [0.29, 0.717) is 48.1 Å². The number of piperidine rings is 1. The molecule has 0 spiro atoms. The van der Waals surface area contributed by atoms with Gasteiger partial charge < -0.3 is 16.0 Å². The van der Waals surface area contributed by atoms with Gasteiger partial charge >= 0.3 is 0 Å². The third kappa shape index (κ3) is 5.29. The Balaban J connectivity index is 1.55. The number of hydrogen-bond donors (Lipinski definition) is 2. The lowest BCUT2D eigenvalue weighted by molar-refractivity contribution is -0.142. The Morgan fingerprint density at radius 3 is 2.39 bits per heavy atom. The van der Waals surface area contributed by atoms with Gasteiger partial charge in [-0.05, 0) is 55.5 Å². The van der Waals surface area contributed by atoms with Crippen LogP contribution in [0, 0.1) is 5.92 Å². The molecule has 1 atom stereocenters. The molecule has 0 bridgehead atoms. The molecule has 9 heteroatoms. The summed E-state index contributed by atoms with van der Waals surface area (Å²) in [6, 6.07) is 13.1. The summed E-state index contributed by atoms with van der Waals surface area (Å²) in [5, 5.41) is 4.22. The molecule has 2 aromatic carbocycles. The molecule has 2 aliphatic heterocycles. The lowest BCUT2D eigenvalue weighted by Gasteiger charge is -2.46. The largest absolute Gasteiger partial charge is 0.369 e. The number of primary amides is 1. The second-order valence-corrected chi connectivity index (χ2v) is 11.7. The predicted octanol–water partition coefficient (Wildman–Crippen LogP) is 4.74. The summed E-state index contributed by atoms with van der Waals surface area (Å²) in [5.41, 5.74) is 6.85. The van der Waals surface area contributed by atoms with Crippen molar-refractivity contribution in [2.24, 2.45) is 11.7 Å². The maximum Gasteiger partial charge on any atom is 0.249 e. The van der Waals surface area contributed by atoms with Gasteiger partial charge in [-0.1, -0.05) is 60.7 Å². The van der Waals surface area contributed by atoms with Gasteiger partial charge in [0.1, 0.15) is 5.54 Å². The van der Waals surface area contributed by atoms with Crippen molar-refractivity contribution < 1.29 is 14.4 Å². The zero-order valence-corrected chi connectivity index (χ0v) is 22.9. The minimum absolute atomic E-state index is 0.0285. The van der Waals surface area contributed by atoms with Gasteiger partial charge in [0.15, 0.2) is 0 Å². The summed E-state index contributed by atoms with van der Waals surface area (Å²) in [5.74, 6) is -0.682. The van der Waals surface area contributed by atoms with E-state index in [1.165, 1.54) is 0 Å². The second-order valence-electron chi connectivity index (χ2n) is 10.8. The number of amides is 3. The van der Waals surface area contributed by atoms with Crippen LogP contribution in [0.1, 0.15) is 56.1 Å². The SMILES string of the molecule is NC(=O)C1CCN(C(=O)CN(C2CCCCC2)C2(Cc3cccc(Cl)c3)C(=O)Nc3cc(Cl)ccc32)CC1. The Labute approximate surface area is 233 Å². The first-order valence-corrected chi connectivity index (χ1v) is 14.2. The predicted molar refractivity (Wildman–Crippen MR) is 149 cm³/mol. The quantitative estimate of drug-likeness (QED) is 0.514. The van der Waals surface area contributed by atoms with Crippen molar-refractivity contribution >= 4 is 46.6 Å². The van der Waals surface area contributed by atoms with E-state index in [1.807, 2.05) is 41.3 Å². The zero-order valence-electron chi connectivity index (χ0n) is 21.4. The van der Waals surface area contributed by atoms with Crippen LogP contribution in [0.25, 0.3) is 0 Å². The molecule has 3 N–H and O–H groups in total. The first-order valence-electron chi connectivity index (χ1n) is 13.5. The standard InChI is InChI=1S/C29H34Cl2N4O3/c30-21-6-4-5-19(15-21)17-29(24-10-9-22(31)16-25(24)33-28(29)38)35(23-7-2-1-3-8-23)18-26(36)34-13-11-20(12-14-34)27(32)37/h4-6,9-10,15-16,20,23H,1-3,7-8,11-14,17-18H2,(H2,32,37)(H,33,38). The molecule has 1 aliphatic carbocycles. The molecule has 2 fully saturated rings. The van der Waals surface area contributed by atoms with Gasteiger partial charge in [-0.2, -0.15) is 0 Å². The van der Waals surface area contributed by atoms with E-state index in [4.69, 9.17) is 28.9 Å².